The van der Waals surface area contributed by atoms with Crippen LogP contribution in [-0.2, 0) is 9.59 Å². The van der Waals surface area contributed by atoms with Gasteiger partial charge in [-0.2, -0.15) is 0 Å². The molecular formula is C29H28N2O5S. The number of carbonyl (C=O) groups excluding carboxylic acids is 3. The van der Waals surface area contributed by atoms with E-state index in [2.05, 4.69) is 19.2 Å². The van der Waals surface area contributed by atoms with Crippen molar-refractivity contribution >= 4 is 46.3 Å². The third-order valence-electron chi connectivity index (χ3n) is 5.59. The largest absolute Gasteiger partial charge is 0.490 e. The number of benzene rings is 3. The van der Waals surface area contributed by atoms with Gasteiger partial charge in [0.05, 0.1) is 17.2 Å². The van der Waals surface area contributed by atoms with Crippen LogP contribution in [0.25, 0.3) is 6.08 Å². The maximum Gasteiger partial charge on any atom is 0.298 e. The number of amides is 3. The summed E-state index contributed by atoms with van der Waals surface area (Å²) < 4.78 is 11.5. The summed E-state index contributed by atoms with van der Waals surface area (Å²) in [5.41, 5.74) is 3.01. The van der Waals surface area contributed by atoms with Gasteiger partial charge in [-0.1, -0.05) is 56.3 Å². The molecule has 8 heteroatoms. The molecule has 1 fully saturated rings. The fraction of sp³-hybridized carbons (Fsp3) is 0.207. The lowest BCUT2D eigenvalue weighted by Crippen LogP contribution is -2.27. The van der Waals surface area contributed by atoms with E-state index < -0.39 is 0 Å². The Morgan fingerprint density at radius 2 is 1.70 bits per heavy atom. The maximum absolute atomic E-state index is 12.9. The second-order valence-corrected chi connectivity index (χ2v) is 9.56. The van der Waals surface area contributed by atoms with Gasteiger partial charge < -0.3 is 14.8 Å². The molecule has 0 bridgehead atoms. The highest BCUT2D eigenvalue weighted by Crippen LogP contribution is 2.37. The summed E-state index contributed by atoms with van der Waals surface area (Å²) >= 11 is 0.887. The minimum absolute atomic E-state index is 0.193. The Balaban J connectivity index is 1.47. The molecule has 37 heavy (non-hydrogen) atoms. The first kappa shape index (κ1) is 26.0. The van der Waals surface area contributed by atoms with Gasteiger partial charge in [-0.05, 0) is 72.1 Å². The van der Waals surface area contributed by atoms with Gasteiger partial charge in [-0.15, -0.1) is 0 Å². The summed E-state index contributed by atoms with van der Waals surface area (Å²) in [6.07, 6.45) is 1.65. The molecule has 1 aliphatic heterocycles. The molecule has 0 saturated carbocycles. The molecular weight excluding hydrogens is 488 g/mol. The van der Waals surface area contributed by atoms with Gasteiger partial charge in [0, 0.05) is 5.69 Å². The Morgan fingerprint density at radius 3 is 2.43 bits per heavy atom. The summed E-state index contributed by atoms with van der Waals surface area (Å²) in [6.45, 7) is 6.18. The molecule has 0 unspecified atom stereocenters. The summed E-state index contributed by atoms with van der Waals surface area (Å²) in [5, 5.41) is 2.56. The molecule has 7 nitrogen and oxygen atoms in total. The van der Waals surface area contributed by atoms with Crippen molar-refractivity contribution < 1.29 is 23.9 Å². The van der Waals surface area contributed by atoms with Crippen molar-refractivity contribution in [2.45, 2.75) is 26.7 Å². The van der Waals surface area contributed by atoms with Crippen LogP contribution in [0.3, 0.4) is 0 Å². The number of carbonyl (C=O) groups is 3. The van der Waals surface area contributed by atoms with E-state index in [0.29, 0.717) is 34.3 Å². The van der Waals surface area contributed by atoms with Gasteiger partial charge in [0.1, 0.15) is 0 Å². The molecule has 0 aliphatic carbocycles. The molecule has 4 rings (SSSR count). The van der Waals surface area contributed by atoms with E-state index >= 15 is 0 Å². The van der Waals surface area contributed by atoms with E-state index in [1.807, 2.05) is 37.3 Å². The minimum atomic E-state index is -0.377. The van der Waals surface area contributed by atoms with Crippen molar-refractivity contribution in [2.75, 3.05) is 23.4 Å². The Hall–Kier alpha value is -4.04. The average molecular weight is 517 g/mol. The molecule has 190 valence electrons. The number of nitrogens with zero attached hydrogens (tertiary/aromatic N) is 1. The van der Waals surface area contributed by atoms with Crippen LogP contribution in [0.4, 0.5) is 16.2 Å². The quantitative estimate of drug-likeness (QED) is 0.328. The van der Waals surface area contributed by atoms with E-state index in [4.69, 9.17) is 9.47 Å². The molecule has 1 N–H and O–H groups in total. The first-order chi connectivity index (χ1) is 17.9. The highest BCUT2D eigenvalue weighted by molar-refractivity contribution is 8.19. The number of hydrogen-bond acceptors (Lipinski definition) is 6. The highest BCUT2D eigenvalue weighted by Gasteiger charge is 2.36. The SMILES string of the molecule is CCOc1cc(/C=C2\SC(=O)N(c3ccccc3)C2=O)ccc1OCC(=O)Nc1ccccc1C(C)C. The van der Waals surface area contributed by atoms with Crippen LogP contribution in [0.2, 0.25) is 0 Å². The van der Waals surface area contributed by atoms with Crippen LogP contribution >= 0.6 is 11.8 Å². The fourth-order valence-corrected chi connectivity index (χ4v) is 4.71. The summed E-state index contributed by atoms with van der Waals surface area (Å²) in [5.74, 6) is 0.452. The summed E-state index contributed by atoms with van der Waals surface area (Å²) in [6, 6.07) is 21.7. The Morgan fingerprint density at radius 1 is 0.973 bits per heavy atom. The lowest BCUT2D eigenvalue weighted by atomic mass is 10.0. The van der Waals surface area contributed by atoms with E-state index in [1.54, 1.807) is 48.5 Å². The van der Waals surface area contributed by atoms with Crippen molar-refractivity contribution in [1.29, 1.82) is 0 Å². The number of para-hydroxylation sites is 2. The lowest BCUT2D eigenvalue weighted by Gasteiger charge is -2.15. The molecule has 3 aromatic carbocycles. The molecule has 1 saturated heterocycles. The number of ether oxygens (including phenoxy) is 2. The van der Waals surface area contributed by atoms with Crippen LogP contribution in [0.1, 0.15) is 37.8 Å². The van der Waals surface area contributed by atoms with Gasteiger partial charge in [-0.25, -0.2) is 4.90 Å². The summed E-state index contributed by atoms with van der Waals surface area (Å²) in [7, 11) is 0. The van der Waals surface area contributed by atoms with Gasteiger partial charge in [-0.3, -0.25) is 14.4 Å². The number of rotatable bonds is 9. The minimum Gasteiger partial charge on any atom is -0.490 e. The molecule has 3 amide bonds. The monoisotopic (exact) mass is 516 g/mol. The average Bonchev–Trinajstić information content (AvgIpc) is 3.16. The standard InChI is InChI=1S/C29H28N2O5S/c1-4-35-25-16-20(17-26-28(33)31(29(34)37-26)21-10-6-5-7-11-21)14-15-24(25)36-18-27(32)30-23-13-9-8-12-22(23)19(2)3/h5-17,19H,4,18H2,1-3H3,(H,30,32)/b26-17-. The molecule has 1 heterocycles. The van der Waals surface area contributed by atoms with Crippen molar-refractivity contribution in [1.82, 2.24) is 0 Å². The number of anilines is 2. The Kier molecular flexibility index (Phi) is 8.30. The third kappa shape index (κ3) is 6.21. The topological polar surface area (TPSA) is 84.9 Å². The fourth-order valence-electron chi connectivity index (χ4n) is 3.86. The molecule has 0 spiro atoms. The first-order valence-corrected chi connectivity index (χ1v) is 12.8. The van der Waals surface area contributed by atoms with Gasteiger partial charge >= 0.3 is 0 Å². The Bertz CT molecular complexity index is 1340. The van der Waals surface area contributed by atoms with Gasteiger partial charge in [0.2, 0.25) is 0 Å². The van der Waals surface area contributed by atoms with Crippen LogP contribution in [0, 0.1) is 0 Å². The van der Waals surface area contributed by atoms with E-state index in [1.165, 1.54) is 0 Å². The van der Waals surface area contributed by atoms with Crippen molar-refractivity contribution in [3.05, 3.63) is 88.8 Å². The lowest BCUT2D eigenvalue weighted by molar-refractivity contribution is -0.118. The second-order valence-electron chi connectivity index (χ2n) is 8.57. The zero-order valence-corrected chi connectivity index (χ0v) is 21.7. The second kappa shape index (κ2) is 11.8. The zero-order chi connectivity index (χ0) is 26.4. The number of thioether (sulfide) groups is 1. The van der Waals surface area contributed by atoms with E-state index in [0.717, 1.165) is 27.9 Å². The van der Waals surface area contributed by atoms with Crippen molar-refractivity contribution in [3.63, 3.8) is 0 Å². The molecule has 0 radical (unpaired) electrons. The molecule has 0 atom stereocenters. The molecule has 3 aromatic rings. The van der Waals surface area contributed by atoms with Crippen LogP contribution in [0.5, 0.6) is 11.5 Å². The van der Waals surface area contributed by atoms with Crippen molar-refractivity contribution in [3.8, 4) is 11.5 Å². The molecule has 1 aliphatic rings. The predicted octanol–water partition coefficient (Wildman–Crippen LogP) is 6.47. The molecule has 0 aromatic heterocycles. The normalized spacial score (nSPS) is 14.4. The van der Waals surface area contributed by atoms with Gasteiger partial charge in [0.25, 0.3) is 17.1 Å². The maximum atomic E-state index is 12.9. The van der Waals surface area contributed by atoms with E-state index in [9.17, 15) is 14.4 Å². The first-order valence-electron chi connectivity index (χ1n) is 12.0. The number of hydrogen-bond donors (Lipinski definition) is 1. The zero-order valence-electron chi connectivity index (χ0n) is 20.9. The third-order valence-corrected chi connectivity index (χ3v) is 6.46. The summed E-state index contributed by atoms with van der Waals surface area (Å²) in [4.78, 5) is 39.5. The van der Waals surface area contributed by atoms with Gasteiger partial charge in [0.15, 0.2) is 18.1 Å². The highest BCUT2D eigenvalue weighted by atomic mass is 32.2. The van der Waals surface area contributed by atoms with Crippen LogP contribution < -0.4 is 19.7 Å². The van der Waals surface area contributed by atoms with E-state index in [-0.39, 0.29) is 29.6 Å². The predicted molar refractivity (Wildman–Crippen MR) is 147 cm³/mol. The van der Waals surface area contributed by atoms with Crippen molar-refractivity contribution in [2.24, 2.45) is 0 Å². The number of imide groups is 1. The van der Waals surface area contributed by atoms with Crippen LogP contribution in [0.15, 0.2) is 77.7 Å². The Labute approximate surface area is 220 Å². The van der Waals surface area contributed by atoms with Crippen LogP contribution in [-0.4, -0.2) is 30.3 Å². The smallest absolute Gasteiger partial charge is 0.298 e. The number of nitrogens with one attached hydrogen (secondary N) is 1.